The zero-order valence-corrected chi connectivity index (χ0v) is 23.5. The summed E-state index contributed by atoms with van der Waals surface area (Å²) in [5.41, 5.74) is 2.92. The molecule has 2 amide bonds. The number of likely N-dealkylation sites (N-methyl/N-ethyl adjacent to an activating group) is 1. The van der Waals surface area contributed by atoms with E-state index in [0.29, 0.717) is 41.7 Å². The number of para-hydroxylation sites is 1. The van der Waals surface area contributed by atoms with Crippen LogP contribution >= 0.6 is 19.5 Å². The largest absolute Gasteiger partial charge is 0.337 e. The lowest BCUT2D eigenvalue weighted by atomic mass is 10.1. The number of carbonyl (C=O) groups excluding carboxylic acids is 2. The minimum absolute atomic E-state index is 0.00482. The second-order valence-electron chi connectivity index (χ2n) is 9.76. The summed E-state index contributed by atoms with van der Waals surface area (Å²) in [7, 11) is 3.51. The van der Waals surface area contributed by atoms with E-state index in [2.05, 4.69) is 23.6 Å². The lowest BCUT2D eigenvalue weighted by Crippen LogP contribution is -2.34. The van der Waals surface area contributed by atoms with Crippen LogP contribution in [-0.2, 0) is 4.79 Å². The number of hydrogen-bond acceptors (Lipinski definition) is 5. The molecule has 1 aromatic carbocycles. The fraction of sp³-hybridized carbons (Fsp3) is 0.407. The van der Waals surface area contributed by atoms with Gasteiger partial charge in [-0.3, -0.25) is 19.9 Å². The van der Waals surface area contributed by atoms with Crippen LogP contribution in [0.1, 0.15) is 35.7 Å². The van der Waals surface area contributed by atoms with Gasteiger partial charge in [0.15, 0.2) is 0 Å². The zero-order valence-electron chi connectivity index (χ0n) is 21.8. The van der Waals surface area contributed by atoms with Gasteiger partial charge in [-0.1, -0.05) is 31.7 Å². The number of amides is 2. The molecule has 1 atom stereocenters. The molecule has 3 heterocycles. The lowest BCUT2D eigenvalue weighted by Gasteiger charge is -2.26. The number of carbonyl (C=O) groups is 2. The van der Waals surface area contributed by atoms with Gasteiger partial charge in [-0.05, 0) is 71.0 Å². The number of anilines is 1. The Morgan fingerprint density at radius 1 is 1.24 bits per heavy atom. The molecule has 0 radical (unpaired) electrons. The molecule has 0 spiro atoms. The van der Waals surface area contributed by atoms with E-state index in [1.165, 1.54) is 0 Å². The number of aromatic nitrogens is 3. The summed E-state index contributed by atoms with van der Waals surface area (Å²) in [6.07, 6.45) is 7.94. The Morgan fingerprint density at radius 3 is 2.81 bits per heavy atom. The Morgan fingerprint density at radius 2 is 2.05 bits per heavy atom. The number of likely N-dealkylation sites (tertiary alicyclic amines) is 1. The van der Waals surface area contributed by atoms with Crippen molar-refractivity contribution in [1.29, 1.82) is 0 Å². The van der Waals surface area contributed by atoms with Gasteiger partial charge in [0.05, 0.1) is 27.5 Å². The summed E-state index contributed by atoms with van der Waals surface area (Å²) in [6.45, 7) is 6.13. The molecule has 0 aliphatic carbocycles. The first-order chi connectivity index (χ1) is 17.7. The molecule has 1 unspecified atom stereocenters. The SMILES string of the molecule is CN(C)C/C=C/C(=O)N1CCCCC(n2c(NC(=O)c3ccnc(P(C)C)c3)nc3cccc(Cl)c32)C1. The topological polar surface area (TPSA) is 83.4 Å². The van der Waals surface area contributed by atoms with E-state index in [-0.39, 0.29) is 17.9 Å². The van der Waals surface area contributed by atoms with E-state index >= 15 is 0 Å². The van der Waals surface area contributed by atoms with Crippen molar-refractivity contribution >= 4 is 53.8 Å². The summed E-state index contributed by atoms with van der Waals surface area (Å²) < 4.78 is 2.01. The third-order valence-electron chi connectivity index (χ3n) is 6.41. The second kappa shape index (κ2) is 12.2. The number of benzene rings is 1. The highest BCUT2D eigenvalue weighted by atomic mass is 35.5. The first-order valence-electron chi connectivity index (χ1n) is 12.5. The van der Waals surface area contributed by atoms with Crippen LogP contribution in [0.5, 0.6) is 0 Å². The Kier molecular flexibility index (Phi) is 8.95. The summed E-state index contributed by atoms with van der Waals surface area (Å²) in [6, 6.07) is 9.05. The van der Waals surface area contributed by atoms with Crippen molar-refractivity contribution in [2.24, 2.45) is 0 Å². The Hall–Kier alpha value is -2.80. The molecule has 4 rings (SSSR count). The highest BCUT2D eigenvalue weighted by molar-refractivity contribution is 7.63. The molecule has 0 bridgehead atoms. The first-order valence-corrected chi connectivity index (χ1v) is 15.1. The maximum absolute atomic E-state index is 13.3. The van der Waals surface area contributed by atoms with Crippen molar-refractivity contribution in [2.45, 2.75) is 25.3 Å². The van der Waals surface area contributed by atoms with Gasteiger partial charge in [0, 0.05) is 37.5 Å². The number of imidazole rings is 1. The van der Waals surface area contributed by atoms with Crippen molar-refractivity contribution in [3.63, 3.8) is 0 Å². The average Bonchev–Trinajstić information content (AvgIpc) is 3.05. The standard InChI is InChI=1S/C27H34ClN6O2P/c1-32(2)15-8-12-24(35)33-16-6-5-9-20(18-33)34-25-21(28)10-7-11-22(25)30-27(34)31-26(36)19-13-14-29-23(17-19)37(3)4/h7-8,10-14,17,20H,5-6,9,15-16,18H2,1-4H3,(H,30,31,36)/b12-8+. The minimum atomic E-state index is -0.431. The van der Waals surface area contributed by atoms with Gasteiger partial charge in [0.25, 0.3) is 5.91 Å². The summed E-state index contributed by atoms with van der Waals surface area (Å²) >= 11 is 6.67. The predicted octanol–water partition coefficient (Wildman–Crippen LogP) is 4.38. The van der Waals surface area contributed by atoms with E-state index in [0.717, 1.165) is 30.2 Å². The maximum atomic E-state index is 13.3. The fourth-order valence-electron chi connectivity index (χ4n) is 4.53. The third kappa shape index (κ3) is 6.56. The van der Waals surface area contributed by atoms with E-state index < -0.39 is 7.92 Å². The van der Waals surface area contributed by atoms with Crippen molar-refractivity contribution in [3.8, 4) is 0 Å². The molecule has 3 aromatic rings. The first kappa shape index (κ1) is 27.2. The molecule has 196 valence electrons. The average molecular weight is 541 g/mol. The van der Waals surface area contributed by atoms with Gasteiger partial charge in [0.2, 0.25) is 11.9 Å². The van der Waals surface area contributed by atoms with Crippen molar-refractivity contribution in [3.05, 3.63) is 59.3 Å². The van der Waals surface area contributed by atoms with E-state index in [1.807, 2.05) is 58.8 Å². The van der Waals surface area contributed by atoms with Gasteiger partial charge in [0.1, 0.15) is 0 Å². The lowest BCUT2D eigenvalue weighted by molar-refractivity contribution is -0.126. The van der Waals surface area contributed by atoms with Crippen molar-refractivity contribution < 1.29 is 9.59 Å². The summed E-state index contributed by atoms with van der Waals surface area (Å²) in [4.78, 5) is 39.4. The molecule has 0 saturated carbocycles. The van der Waals surface area contributed by atoms with Crippen LogP contribution in [0.15, 0.2) is 48.7 Å². The highest BCUT2D eigenvalue weighted by Crippen LogP contribution is 2.34. The molecular weight excluding hydrogens is 507 g/mol. The fourth-order valence-corrected chi connectivity index (χ4v) is 5.48. The number of halogens is 1. The van der Waals surface area contributed by atoms with E-state index in [4.69, 9.17) is 16.6 Å². The Labute approximate surface area is 224 Å². The molecule has 1 fully saturated rings. The number of rotatable bonds is 7. The Balaban J connectivity index is 1.67. The van der Waals surface area contributed by atoms with E-state index in [9.17, 15) is 9.59 Å². The van der Waals surface area contributed by atoms with Crippen LogP contribution in [0.3, 0.4) is 0 Å². The molecule has 37 heavy (non-hydrogen) atoms. The molecule has 1 aliphatic rings. The van der Waals surface area contributed by atoms with Crippen LogP contribution in [0, 0.1) is 0 Å². The van der Waals surface area contributed by atoms with Crippen LogP contribution in [0.25, 0.3) is 11.0 Å². The number of fused-ring (bicyclic) bond motifs is 1. The number of nitrogens with zero attached hydrogens (tertiary/aromatic N) is 5. The normalized spacial score (nSPS) is 16.6. The molecule has 2 aromatic heterocycles. The van der Waals surface area contributed by atoms with Crippen LogP contribution < -0.4 is 10.8 Å². The molecule has 1 saturated heterocycles. The van der Waals surface area contributed by atoms with Gasteiger partial charge >= 0.3 is 0 Å². The molecule has 10 heteroatoms. The number of pyridine rings is 1. The van der Waals surface area contributed by atoms with Crippen LogP contribution in [0.2, 0.25) is 5.02 Å². The monoisotopic (exact) mass is 540 g/mol. The molecular formula is C27H34ClN6O2P. The zero-order chi connectivity index (χ0) is 26.5. The molecule has 1 aliphatic heterocycles. The Bertz CT molecular complexity index is 1310. The smallest absolute Gasteiger partial charge is 0.258 e. The maximum Gasteiger partial charge on any atom is 0.258 e. The molecule has 1 N–H and O–H groups in total. The highest BCUT2D eigenvalue weighted by Gasteiger charge is 2.27. The summed E-state index contributed by atoms with van der Waals surface area (Å²) in [5, 5.41) is 3.59. The van der Waals surface area contributed by atoms with Gasteiger partial charge in [-0.2, -0.15) is 0 Å². The molecule has 8 nitrogen and oxygen atoms in total. The van der Waals surface area contributed by atoms with Gasteiger partial charge in [-0.25, -0.2) is 4.98 Å². The predicted molar refractivity (Wildman–Crippen MR) is 152 cm³/mol. The summed E-state index contributed by atoms with van der Waals surface area (Å²) in [5.74, 6) is 0.181. The van der Waals surface area contributed by atoms with Gasteiger partial charge < -0.3 is 14.4 Å². The third-order valence-corrected chi connectivity index (χ3v) is 7.87. The van der Waals surface area contributed by atoms with Crippen LogP contribution in [0.4, 0.5) is 5.95 Å². The van der Waals surface area contributed by atoms with Gasteiger partial charge in [-0.15, -0.1) is 0 Å². The minimum Gasteiger partial charge on any atom is -0.337 e. The second-order valence-corrected chi connectivity index (χ2v) is 12.4. The quantitative estimate of drug-likeness (QED) is 0.355. The van der Waals surface area contributed by atoms with Crippen molar-refractivity contribution in [2.75, 3.05) is 52.4 Å². The number of hydrogen-bond donors (Lipinski definition) is 1. The number of nitrogens with one attached hydrogen (secondary N) is 1. The van der Waals surface area contributed by atoms with Crippen LogP contribution in [-0.4, -0.2) is 83.2 Å². The van der Waals surface area contributed by atoms with E-state index in [1.54, 1.807) is 18.3 Å². The van der Waals surface area contributed by atoms with Crippen molar-refractivity contribution in [1.82, 2.24) is 24.3 Å².